The summed E-state index contributed by atoms with van der Waals surface area (Å²) in [5.74, 6) is 0. The van der Waals surface area contributed by atoms with E-state index in [1.807, 2.05) is 0 Å². The van der Waals surface area contributed by atoms with Gasteiger partial charge in [-0.15, -0.1) is 0 Å². The quantitative estimate of drug-likeness (QED) is 0.244. The van der Waals surface area contributed by atoms with Crippen LogP contribution in [-0.2, 0) is 80.7 Å². The van der Waals surface area contributed by atoms with E-state index in [0.29, 0.717) is 0 Å². The molecule has 2 unspecified atom stereocenters. The molecule has 0 saturated heterocycles. The van der Waals surface area contributed by atoms with Gasteiger partial charge in [0, 0.05) is 0 Å². The first-order valence-corrected chi connectivity index (χ1v) is 8.76. The van der Waals surface area contributed by atoms with Crippen LogP contribution in [-0.4, -0.2) is 0 Å². The van der Waals surface area contributed by atoms with Crippen LogP contribution in [0.25, 0.3) is 0 Å². The monoisotopic (exact) mass is 506 g/mol. The first-order chi connectivity index (χ1) is 7.12. The third-order valence-electron chi connectivity index (χ3n) is 0.600. The van der Waals surface area contributed by atoms with Gasteiger partial charge in [0.25, 0.3) is 15.6 Å². The van der Waals surface area contributed by atoms with Gasteiger partial charge in [0.15, 0.2) is 0 Å². The molecule has 13 nitrogen and oxygen atoms in total. The molecular weight excluding hydrogens is 508 g/mol. The van der Waals surface area contributed by atoms with E-state index in [2.05, 4.69) is 12.9 Å². The summed E-state index contributed by atoms with van der Waals surface area (Å²) in [7, 11) is -24.9. The van der Waals surface area contributed by atoms with Crippen LogP contribution in [0.1, 0.15) is 0 Å². The Labute approximate surface area is 141 Å². The van der Waals surface area contributed by atoms with Crippen molar-refractivity contribution in [1.29, 1.82) is 0 Å². The molecule has 0 aromatic heterocycles. The van der Waals surface area contributed by atoms with Crippen LogP contribution in [0.3, 0.4) is 0 Å². The Balaban J connectivity index is -0.000000427. The summed E-state index contributed by atoms with van der Waals surface area (Å²) in [6.07, 6.45) is 0. The van der Waals surface area contributed by atoms with E-state index < -0.39 is 31.3 Å². The van der Waals surface area contributed by atoms with Gasteiger partial charge in [-0.3, -0.25) is 17.8 Å². The SMILES string of the molecule is O=P([O-])([O-])OP(=O)([O-])OP(=O)([O-])OP(=O)([O-])[O-].[Ni+2].[Ni+2].[Ni+2]. The van der Waals surface area contributed by atoms with Crippen LogP contribution < -0.4 is 29.4 Å². The van der Waals surface area contributed by atoms with E-state index in [4.69, 9.17) is 0 Å². The van der Waals surface area contributed by atoms with Crippen molar-refractivity contribution >= 4 is 31.3 Å². The van der Waals surface area contributed by atoms with Gasteiger partial charge in [0.05, 0.1) is 15.6 Å². The molecule has 20 heteroatoms. The molecular formula is Ni3O13P4. The van der Waals surface area contributed by atoms with Crippen molar-refractivity contribution in [3.05, 3.63) is 0 Å². The Kier molecular flexibility index (Phi) is 15.0. The molecule has 0 rings (SSSR count). The molecule has 0 N–H and O–H groups in total. The van der Waals surface area contributed by atoms with E-state index in [1.54, 1.807) is 0 Å². The van der Waals surface area contributed by atoms with E-state index in [-0.39, 0.29) is 49.5 Å². The summed E-state index contributed by atoms with van der Waals surface area (Å²) in [5.41, 5.74) is 0. The van der Waals surface area contributed by atoms with Crippen LogP contribution in [0.2, 0.25) is 0 Å². The summed E-state index contributed by atoms with van der Waals surface area (Å²) in [6, 6.07) is 0. The van der Waals surface area contributed by atoms with E-state index in [1.165, 1.54) is 0 Å². The smallest absolute Gasteiger partial charge is 0.790 e. The minimum Gasteiger partial charge on any atom is -0.790 e. The minimum atomic E-state index is -6.26. The molecule has 0 heterocycles. The van der Waals surface area contributed by atoms with Gasteiger partial charge in [0.1, 0.15) is 0 Å². The standard InChI is InChI=1S/3Ni.H6O13P4/c;;;1-14(2,3)11-16(7,8)13-17(9,10)12-15(4,5)6/h;;;(H,7,8)(H,9,10)(H2,1,2,3)(H2,4,5,6)/q3*+2;/p-6. The number of hydrogen-bond acceptors (Lipinski definition) is 13. The van der Waals surface area contributed by atoms with Gasteiger partial charge in [-0.2, -0.15) is 0 Å². The first-order valence-electron chi connectivity index (χ1n) is 2.92. The molecule has 0 spiro atoms. The van der Waals surface area contributed by atoms with Crippen molar-refractivity contribution in [2.75, 3.05) is 0 Å². The van der Waals surface area contributed by atoms with E-state index in [0.717, 1.165) is 0 Å². The van der Waals surface area contributed by atoms with Crippen molar-refractivity contribution < 1.29 is 110 Å². The average molecular weight is 508 g/mol. The minimum absolute atomic E-state index is 0. The Bertz CT molecular complexity index is 414. The maximum Gasteiger partial charge on any atom is 2.00 e. The largest absolute Gasteiger partial charge is 2.00 e. The van der Waals surface area contributed by atoms with Gasteiger partial charge >= 0.3 is 49.5 Å². The summed E-state index contributed by atoms with van der Waals surface area (Å²) in [4.78, 5) is 60.0. The van der Waals surface area contributed by atoms with Crippen molar-refractivity contribution in [2.24, 2.45) is 0 Å². The van der Waals surface area contributed by atoms with Crippen LogP contribution in [0.5, 0.6) is 0 Å². The molecule has 20 heavy (non-hydrogen) atoms. The van der Waals surface area contributed by atoms with Gasteiger partial charge in [0.2, 0.25) is 0 Å². The Hall–Kier alpha value is 2.04. The fourth-order valence-corrected chi connectivity index (χ4v) is 4.11. The predicted octanol–water partition coefficient (Wildman–Crippen LogP) is -4.38. The maximum atomic E-state index is 10.4. The molecule has 0 saturated carbocycles. The molecule has 0 bridgehead atoms. The molecule has 0 aliphatic rings. The second-order valence-electron chi connectivity index (χ2n) is 2.03. The van der Waals surface area contributed by atoms with Crippen LogP contribution in [0, 0.1) is 0 Å². The molecule has 0 aromatic rings. The van der Waals surface area contributed by atoms with Gasteiger partial charge in [-0.05, 0) is 0 Å². The Morgan fingerprint density at radius 1 is 0.500 bits per heavy atom. The van der Waals surface area contributed by atoms with Crippen LogP contribution in [0.15, 0.2) is 0 Å². The third-order valence-corrected chi connectivity index (χ3v) is 5.40. The average Bonchev–Trinajstić information content (AvgIpc) is 1.65. The fraction of sp³-hybridized carbons (Fsp3) is 0. The molecule has 128 valence electrons. The molecule has 0 aromatic carbocycles. The summed E-state index contributed by atoms with van der Waals surface area (Å²) >= 11 is 0. The zero-order valence-corrected chi connectivity index (χ0v) is 14.6. The molecule has 2 atom stereocenters. The topological polar surface area (TPSA) is 234 Å². The van der Waals surface area contributed by atoms with Crippen molar-refractivity contribution in [3.63, 3.8) is 0 Å². The van der Waals surface area contributed by atoms with Gasteiger partial charge < -0.3 is 38.5 Å². The fourth-order valence-electron chi connectivity index (χ4n) is 0.397. The van der Waals surface area contributed by atoms with Crippen LogP contribution in [0.4, 0.5) is 0 Å². The zero-order chi connectivity index (χ0) is 14.1. The maximum absolute atomic E-state index is 10.4. The second kappa shape index (κ2) is 10.0. The second-order valence-corrected chi connectivity index (χ2v) is 7.57. The summed E-state index contributed by atoms with van der Waals surface area (Å²) < 4.78 is 48.5. The molecule has 0 aliphatic heterocycles. The molecule has 0 radical (unpaired) electrons. The van der Waals surface area contributed by atoms with Gasteiger partial charge in [-0.25, -0.2) is 4.31 Å². The number of hydrogen-bond donors (Lipinski definition) is 0. The third kappa shape index (κ3) is 18.1. The Morgan fingerprint density at radius 2 is 0.700 bits per heavy atom. The molecule has 0 aliphatic carbocycles. The zero-order valence-electron chi connectivity index (χ0n) is 8.04. The predicted molar refractivity (Wildman–Crippen MR) is 33.7 cm³/mol. The molecule has 0 fully saturated rings. The summed E-state index contributed by atoms with van der Waals surface area (Å²) in [5, 5.41) is 0. The van der Waals surface area contributed by atoms with Crippen molar-refractivity contribution in [1.82, 2.24) is 0 Å². The van der Waals surface area contributed by atoms with E-state index >= 15 is 0 Å². The van der Waals surface area contributed by atoms with Crippen LogP contribution >= 0.6 is 31.3 Å². The van der Waals surface area contributed by atoms with E-state index in [9.17, 15) is 47.6 Å². The van der Waals surface area contributed by atoms with Crippen molar-refractivity contribution in [2.45, 2.75) is 0 Å². The number of phosphoric acid groups is 4. The first kappa shape index (κ1) is 30.0. The van der Waals surface area contributed by atoms with Crippen molar-refractivity contribution in [3.8, 4) is 0 Å². The summed E-state index contributed by atoms with van der Waals surface area (Å²) in [6.45, 7) is 0. The molecule has 0 amide bonds. The number of rotatable bonds is 6. The Morgan fingerprint density at radius 3 is 0.850 bits per heavy atom. The van der Waals surface area contributed by atoms with Gasteiger partial charge in [-0.1, -0.05) is 0 Å². The normalized spacial score (nSPS) is 17.5.